The minimum Gasteiger partial charge on any atom is -0.393 e. The summed E-state index contributed by atoms with van der Waals surface area (Å²) in [7, 11) is 0. The molecule has 5 aliphatic rings. The number of aliphatic hydroxyl groups is 1. The van der Waals surface area contributed by atoms with E-state index in [0.29, 0.717) is 27.6 Å². The first kappa shape index (κ1) is 23.4. The van der Waals surface area contributed by atoms with Crippen LogP contribution in [0.1, 0.15) is 119 Å². The Morgan fingerprint density at radius 3 is 2.25 bits per heavy atom. The standard InChI is InChI=1S/C31H52O/c1-20(2)21(3)9-10-22(4)23-17-28(7)15-16-31-19-30(31)14-13-26(32)27(5,6)24(30)11-12-25(31)29(28,8)18-23/h20,22-26,32H,3,9-19H2,1-2,4-8H3/t22-,23-,24-,25+,26-,28-,29-,30+,31-/m1/s1. The van der Waals surface area contributed by atoms with Crippen LogP contribution in [0.15, 0.2) is 12.2 Å². The van der Waals surface area contributed by atoms with Gasteiger partial charge in [-0.1, -0.05) is 60.6 Å². The van der Waals surface area contributed by atoms with Crippen LogP contribution in [-0.4, -0.2) is 11.2 Å². The lowest BCUT2D eigenvalue weighted by atomic mass is 9.43. The van der Waals surface area contributed by atoms with Gasteiger partial charge in [-0.3, -0.25) is 0 Å². The van der Waals surface area contributed by atoms with Crippen molar-refractivity contribution in [1.29, 1.82) is 0 Å². The number of rotatable bonds is 5. The van der Waals surface area contributed by atoms with Crippen LogP contribution >= 0.6 is 0 Å². The molecule has 0 bridgehead atoms. The van der Waals surface area contributed by atoms with Gasteiger partial charge in [0.15, 0.2) is 0 Å². The molecule has 5 rings (SSSR count). The van der Waals surface area contributed by atoms with E-state index in [1.54, 1.807) is 0 Å². The van der Waals surface area contributed by atoms with Gasteiger partial charge in [-0.2, -0.15) is 0 Å². The molecule has 0 aliphatic heterocycles. The van der Waals surface area contributed by atoms with E-state index in [9.17, 15) is 5.11 Å². The van der Waals surface area contributed by atoms with Gasteiger partial charge in [0.05, 0.1) is 6.10 Å². The lowest BCUT2D eigenvalue weighted by Gasteiger charge is -2.62. The third kappa shape index (κ3) is 2.85. The predicted octanol–water partition coefficient (Wildman–Crippen LogP) is 8.41. The van der Waals surface area contributed by atoms with Crippen molar-refractivity contribution in [2.75, 3.05) is 0 Å². The summed E-state index contributed by atoms with van der Waals surface area (Å²) in [6, 6.07) is 0. The zero-order chi connectivity index (χ0) is 23.3. The van der Waals surface area contributed by atoms with Gasteiger partial charge in [0.25, 0.3) is 0 Å². The second kappa shape index (κ2) is 7.11. The summed E-state index contributed by atoms with van der Waals surface area (Å²) in [6.45, 7) is 21.7. The summed E-state index contributed by atoms with van der Waals surface area (Å²) < 4.78 is 0. The molecule has 5 saturated carbocycles. The molecule has 0 saturated heterocycles. The second-order valence-corrected chi connectivity index (χ2v) is 15.0. The Bertz CT molecular complexity index is 779. The summed E-state index contributed by atoms with van der Waals surface area (Å²) in [5.41, 5.74) is 3.81. The van der Waals surface area contributed by atoms with E-state index >= 15 is 0 Å². The van der Waals surface area contributed by atoms with Crippen LogP contribution in [0.4, 0.5) is 0 Å². The van der Waals surface area contributed by atoms with Crippen LogP contribution < -0.4 is 0 Å². The van der Waals surface area contributed by atoms with Gasteiger partial charge in [-0.25, -0.2) is 0 Å². The van der Waals surface area contributed by atoms with Crippen molar-refractivity contribution in [3.63, 3.8) is 0 Å². The Hall–Kier alpha value is -0.300. The molecule has 0 amide bonds. The predicted molar refractivity (Wildman–Crippen MR) is 135 cm³/mol. The van der Waals surface area contributed by atoms with Gasteiger partial charge in [0.1, 0.15) is 0 Å². The minimum absolute atomic E-state index is 0.0888. The maximum absolute atomic E-state index is 10.9. The molecular weight excluding hydrogens is 388 g/mol. The quantitative estimate of drug-likeness (QED) is 0.425. The summed E-state index contributed by atoms with van der Waals surface area (Å²) >= 11 is 0. The second-order valence-electron chi connectivity index (χ2n) is 15.0. The van der Waals surface area contributed by atoms with Gasteiger partial charge < -0.3 is 5.11 Å². The maximum atomic E-state index is 10.9. The van der Waals surface area contributed by atoms with Crippen molar-refractivity contribution in [2.24, 2.45) is 56.7 Å². The summed E-state index contributed by atoms with van der Waals surface area (Å²) in [6.07, 6.45) is 15.0. The molecule has 5 aliphatic carbocycles. The van der Waals surface area contributed by atoms with Gasteiger partial charge >= 0.3 is 0 Å². The molecule has 1 heteroatoms. The highest BCUT2D eigenvalue weighted by molar-refractivity contribution is 5.30. The lowest BCUT2D eigenvalue weighted by Crippen LogP contribution is -2.56. The monoisotopic (exact) mass is 440 g/mol. The Morgan fingerprint density at radius 2 is 1.56 bits per heavy atom. The van der Waals surface area contributed by atoms with Crippen molar-refractivity contribution < 1.29 is 5.11 Å². The fraction of sp³-hybridized carbons (Fsp3) is 0.935. The van der Waals surface area contributed by atoms with E-state index in [4.69, 9.17) is 0 Å². The Kier molecular flexibility index (Phi) is 5.21. The lowest BCUT2D eigenvalue weighted by molar-refractivity contribution is -0.152. The van der Waals surface area contributed by atoms with Crippen LogP contribution in [0.2, 0.25) is 0 Å². The largest absolute Gasteiger partial charge is 0.393 e. The maximum Gasteiger partial charge on any atom is 0.0594 e. The SMILES string of the molecule is C=C(CC[C@@H](C)[C@@H]1C[C@@]2(C)CC[C@]34C[C@]35CC[C@@H](O)C(C)(C)[C@H]5CC[C@H]4[C@@]2(C)C1)C(C)C. The third-order valence-corrected chi connectivity index (χ3v) is 13.4. The molecule has 1 nitrogen and oxygen atoms in total. The molecule has 1 N–H and O–H groups in total. The summed E-state index contributed by atoms with van der Waals surface area (Å²) in [4.78, 5) is 0. The number of aliphatic hydroxyl groups excluding tert-OH is 1. The van der Waals surface area contributed by atoms with Crippen LogP contribution in [0.25, 0.3) is 0 Å². The Labute approximate surface area is 199 Å². The van der Waals surface area contributed by atoms with Gasteiger partial charge in [-0.15, -0.1) is 0 Å². The first-order valence-corrected chi connectivity index (χ1v) is 14.2. The van der Waals surface area contributed by atoms with Crippen LogP contribution in [0.5, 0.6) is 0 Å². The number of allylic oxidation sites excluding steroid dienone is 1. The summed E-state index contributed by atoms with van der Waals surface area (Å²) in [5.74, 6) is 4.04. The smallest absolute Gasteiger partial charge is 0.0594 e. The van der Waals surface area contributed by atoms with E-state index in [0.717, 1.165) is 30.1 Å². The fourth-order valence-corrected chi connectivity index (χ4v) is 10.8. The molecule has 0 aromatic rings. The van der Waals surface area contributed by atoms with Crippen LogP contribution in [-0.2, 0) is 0 Å². The van der Waals surface area contributed by atoms with Crippen molar-refractivity contribution in [3.8, 4) is 0 Å². The molecular formula is C31H52O. The molecule has 0 aromatic carbocycles. The Balaban J connectivity index is 1.37. The van der Waals surface area contributed by atoms with Gasteiger partial charge in [0, 0.05) is 0 Å². The molecule has 2 spiro atoms. The van der Waals surface area contributed by atoms with Crippen molar-refractivity contribution >= 4 is 0 Å². The average molecular weight is 441 g/mol. The van der Waals surface area contributed by atoms with E-state index in [2.05, 4.69) is 55.0 Å². The number of hydrogen-bond donors (Lipinski definition) is 1. The number of hydrogen-bond acceptors (Lipinski definition) is 1. The van der Waals surface area contributed by atoms with Gasteiger partial charge in [-0.05, 0) is 127 Å². The summed E-state index contributed by atoms with van der Waals surface area (Å²) in [5, 5.41) is 10.9. The van der Waals surface area contributed by atoms with Crippen molar-refractivity contribution in [2.45, 2.75) is 125 Å². The van der Waals surface area contributed by atoms with Gasteiger partial charge in [0.2, 0.25) is 0 Å². The average Bonchev–Trinajstić information content (AvgIpc) is 3.30. The fourth-order valence-electron chi connectivity index (χ4n) is 10.8. The molecule has 0 heterocycles. The highest BCUT2D eigenvalue weighted by atomic mass is 16.3. The molecule has 182 valence electrons. The van der Waals surface area contributed by atoms with E-state index in [1.807, 2.05) is 0 Å². The minimum atomic E-state index is -0.0888. The first-order valence-electron chi connectivity index (χ1n) is 14.2. The third-order valence-electron chi connectivity index (χ3n) is 13.4. The highest BCUT2D eigenvalue weighted by Gasteiger charge is 2.81. The molecule has 5 fully saturated rings. The van der Waals surface area contributed by atoms with Crippen molar-refractivity contribution in [1.82, 2.24) is 0 Å². The molecule has 0 unspecified atom stereocenters. The van der Waals surface area contributed by atoms with Crippen molar-refractivity contribution in [3.05, 3.63) is 12.2 Å². The van der Waals surface area contributed by atoms with E-state index < -0.39 is 0 Å². The normalized spacial score (nSPS) is 51.9. The molecule has 32 heavy (non-hydrogen) atoms. The first-order chi connectivity index (χ1) is 14.8. The molecule has 0 aromatic heterocycles. The molecule has 9 atom stereocenters. The number of fused-ring (bicyclic) bond motifs is 2. The van der Waals surface area contributed by atoms with Crippen LogP contribution in [0, 0.1) is 56.7 Å². The topological polar surface area (TPSA) is 20.2 Å². The Morgan fingerprint density at radius 1 is 0.906 bits per heavy atom. The highest BCUT2D eigenvalue weighted by Crippen LogP contribution is 2.88. The van der Waals surface area contributed by atoms with Crippen LogP contribution in [0.3, 0.4) is 0 Å². The van der Waals surface area contributed by atoms with E-state index in [-0.39, 0.29) is 11.5 Å². The van der Waals surface area contributed by atoms with E-state index in [1.165, 1.54) is 69.8 Å². The zero-order valence-corrected chi connectivity index (χ0v) is 22.4. The molecule has 0 radical (unpaired) electrons. The zero-order valence-electron chi connectivity index (χ0n) is 22.4.